The Kier molecular flexibility index (Phi) is 1.46. The number of rotatable bonds is 2. The zero-order valence-electron chi connectivity index (χ0n) is 6.54. The second-order valence-corrected chi connectivity index (χ2v) is 3.27. The van der Waals surface area contributed by atoms with Crippen molar-refractivity contribution < 1.29 is 5.11 Å². The van der Waals surface area contributed by atoms with Crippen LogP contribution in [0, 0.1) is 5.92 Å². The van der Waals surface area contributed by atoms with Crippen LogP contribution in [0.15, 0.2) is 6.20 Å². The molecule has 0 aromatic carbocycles. The molecule has 1 heterocycles. The van der Waals surface area contributed by atoms with E-state index in [0.717, 1.165) is 17.4 Å². The molecule has 0 radical (unpaired) electrons. The van der Waals surface area contributed by atoms with Gasteiger partial charge in [-0.25, -0.2) is 4.98 Å². The Morgan fingerprint density at radius 2 is 2.55 bits per heavy atom. The van der Waals surface area contributed by atoms with Crippen molar-refractivity contribution in [3.8, 4) is 0 Å². The largest absolute Gasteiger partial charge is 0.390 e. The lowest BCUT2D eigenvalue weighted by Crippen LogP contribution is -1.86. The summed E-state index contributed by atoms with van der Waals surface area (Å²) >= 11 is 0. The van der Waals surface area contributed by atoms with E-state index in [1.807, 2.05) is 0 Å². The van der Waals surface area contributed by atoms with Crippen molar-refractivity contribution in [2.24, 2.45) is 5.92 Å². The van der Waals surface area contributed by atoms with Gasteiger partial charge in [0, 0.05) is 5.92 Å². The fraction of sp³-hybridized carbons (Fsp3) is 0.625. The number of H-pyrrole nitrogens is 1. The van der Waals surface area contributed by atoms with Crippen molar-refractivity contribution in [3.05, 3.63) is 17.7 Å². The Labute approximate surface area is 65.5 Å². The van der Waals surface area contributed by atoms with Crippen LogP contribution in [0.1, 0.15) is 30.8 Å². The van der Waals surface area contributed by atoms with Crippen molar-refractivity contribution in [2.75, 3.05) is 0 Å². The predicted octanol–water partition coefficient (Wildman–Crippen LogP) is 1.03. The second kappa shape index (κ2) is 2.34. The van der Waals surface area contributed by atoms with Gasteiger partial charge in [-0.05, 0) is 12.3 Å². The number of hydrogen-bond acceptors (Lipinski definition) is 2. The SMILES string of the molecule is CC1CC1c1ncc(CO)[nH]1. The van der Waals surface area contributed by atoms with Gasteiger partial charge in [-0.15, -0.1) is 0 Å². The number of nitrogens with zero attached hydrogens (tertiary/aromatic N) is 1. The molecule has 1 aromatic rings. The molecule has 0 aliphatic heterocycles. The maximum Gasteiger partial charge on any atom is 0.109 e. The lowest BCUT2D eigenvalue weighted by atomic mass is 10.3. The highest BCUT2D eigenvalue weighted by atomic mass is 16.3. The first-order chi connectivity index (χ1) is 5.31. The molecule has 2 unspecified atom stereocenters. The van der Waals surface area contributed by atoms with E-state index in [1.54, 1.807) is 6.20 Å². The minimum absolute atomic E-state index is 0.0636. The van der Waals surface area contributed by atoms with Crippen LogP contribution in [0.25, 0.3) is 0 Å². The van der Waals surface area contributed by atoms with Gasteiger partial charge in [0.2, 0.25) is 0 Å². The number of aliphatic hydroxyl groups excluding tert-OH is 1. The molecule has 1 fully saturated rings. The van der Waals surface area contributed by atoms with Crippen LogP contribution in [0.3, 0.4) is 0 Å². The Balaban J connectivity index is 2.13. The van der Waals surface area contributed by atoms with Gasteiger partial charge in [-0.1, -0.05) is 6.92 Å². The van der Waals surface area contributed by atoms with Crippen LogP contribution >= 0.6 is 0 Å². The minimum Gasteiger partial charge on any atom is -0.390 e. The molecule has 11 heavy (non-hydrogen) atoms. The summed E-state index contributed by atoms with van der Waals surface area (Å²) in [5.74, 6) is 2.43. The lowest BCUT2D eigenvalue weighted by molar-refractivity contribution is 0.277. The number of hydrogen-bond donors (Lipinski definition) is 2. The van der Waals surface area contributed by atoms with Crippen LogP contribution in [0.2, 0.25) is 0 Å². The number of aromatic amines is 1. The molecule has 2 N–H and O–H groups in total. The van der Waals surface area contributed by atoms with Gasteiger partial charge in [0.1, 0.15) is 5.82 Å². The summed E-state index contributed by atoms with van der Waals surface area (Å²) < 4.78 is 0. The minimum atomic E-state index is 0.0636. The Morgan fingerprint density at radius 1 is 1.82 bits per heavy atom. The van der Waals surface area contributed by atoms with Gasteiger partial charge < -0.3 is 10.1 Å². The first-order valence-electron chi connectivity index (χ1n) is 3.96. The summed E-state index contributed by atoms with van der Waals surface area (Å²) in [5.41, 5.74) is 0.819. The maximum atomic E-state index is 8.75. The zero-order valence-corrected chi connectivity index (χ0v) is 6.54. The van der Waals surface area contributed by atoms with Crippen LogP contribution in [-0.2, 0) is 6.61 Å². The van der Waals surface area contributed by atoms with E-state index in [0.29, 0.717) is 5.92 Å². The highest BCUT2D eigenvalue weighted by Crippen LogP contribution is 2.45. The monoisotopic (exact) mass is 152 g/mol. The number of aromatic nitrogens is 2. The smallest absolute Gasteiger partial charge is 0.109 e. The van der Waals surface area contributed by atoms with Gasteiger partial charge in [0.05, 0.1) is 18.5 Å². The molecule has 0 bridgehead atoms. The summed E-state index contributed by atoms with van der Waals surface area (Å²) in [7, 11) is 0. The third-order valence-corrected chi connectivity index (χ3v) is 2.28. The average Bonchev–Trinajstić information content (AvgIpc) is 2.59. The molecule has 0 spiro atoms. The standard InChI is InChI=1S/C8H12N2O/c1-5-2-7(5)8-9-3-6(4-11)10-8/h3,5,7,11H,2,4H2,1H3,(H,9,10). The molecule has 1 aliphatic carbocycles. The van der Waals surface area contributed by atoms with Crippen molar-refractivity contribution >= 4 is 0 Å². The Morgan fingerprint density at radius 3 is 3.00 bits per heavy atom. The second-order valence-electron chi connectivity index (χ2n) is 3.27. The molecule has 2 atom stereocenters. The topological polar surface area (TPSA) is 48.9 Å². The van der Waals surface area contributed by atoms with Crippen LogP contribution in [0.5, 0.6) is 0 Å². The van der Waals surface area contributed by atoms with Crippen molar-refractivity contribution in [2.45, 2.75) is 25.9 Å². The molecular formula is C8H12N2O. The van der Waals surface area contributed by atoms with E-state index < -0.39 is 0 Å². The van der Waals surface area contributed by atoms with E-state index in [-0.39, 0.29) is 6.61 Å². The molecule has 0 amide bonds. The summed E-state index contributed by atoms with van der Waals surface area (Å²) in [4.78, 5) is 7.28. The molecule has 0 saturated heterocycles. The molecule has 3 nitrogen and oxygen atoms in total. The van der Waals surface area contributed by atoms with Crippen molar-refractivity contribution in [3.63, 3.8) is 0 Å². The van der Waals surface area contributed by atoms with Gasteiger partial charge in [-0.2, -0.15) is 0 Å². The molecular weight excluding hydrogens is 140 g/mol. The predicted molar refractivity (Wildman–Crippen MR) is 41.0 cm³/mol. The third-order valence-electron chi connectivity index (χ3n) is 2.28. The van der Waals surface area contributed by atoms with Gasteiger partial charge in [0.15, 0.2) is 0 Å². The van der Waals surface area contributed by atoms with Crippen molar-refractivity contribution in [1.29, 1.82) is 0 Å². The van der Waals surface area contributed by atoms with Gasteiger partial charge in [0.25, 0.3) is 0 Å². The number of imidazole rings is 1. The van der Waals surface area contributed by atoms with E-state index in [4.69, 9.17) is 5.11 Å². The highest BCUT2D eigenvalue weighted by molar-refractivity contribution is 5.12. The van der Waals surface area contributed by atoms with Crippen molar-refractivity contribution in [1.82, 2.24) is 9.97 Å². The number of aliphatic hydroxyl groups is 1. The fourth-order valence-corrected chi connectivity index (χ4v) is 1.35. The van der Waals surface area contributed by atoms with E-state index in [9.17, 15) is 0 Å². The molecule has 1 aromatic heterocycles. The van der Waals surface area contributed by atoms with Crippen LogP contribution in [-0.4, -0.2) is 15.1 Å². The van der Waals surface area contributed by atoms with Crippen LogP contribution < -0.4 is 0 Å². The zero-order chi connectivity index (χ0) is 7.84. The van der Waals surface area contributed by atoms with Gasteiger partial charge in [-0.3, -0.25) is 0 Å². The highest BCUT2D eigenvalue weighted by Gasteiger charge is 2.36. The summed E-state index contributed by atoms with van der Waals surface area (Å²) in [6.45, 7) is 2.28. The normalized spacial score (nSPS) is 28.9. The lowest BCUT2D eigenvalue weighted by Gasteiger charge is -1.89. The van der Waals surface area contributed by atoms with E-state index >= 15 is 0 Å². The number of nitrogens with one attached hydrogen (secondary N) is 1. The molecule has 2 rings (SSSR count). The molecule has 1 saturated carbocycles. The Bertz CT molecular complexity index is 256. The first kappa shape index (κ1) is 6.85. The van der Waals surface area contributed by atoms with E-state index in [1.165, 1.54) is 6.42 Å². The fourth-order valence-electron chi connectivity index (χ4n) is 1.35. The molecule has 1 aliphatic rings. The first-order valence-corrected chi connectivity index (χ1v) is 3.96. The summed E-state index contributed by atoms with van der Waals surface area (Å²) in [6, 6.07) is 0. The summed E-state index contributed by atoms with van der Waals surface area (Å²) in [6.07, 6.45) is 2.94. The van der Waals surface area contributed by atoms with E-state index in [2.05, 4.69) is 16.9 Å². The molecule has 3 heteroatoms. The summed E-state index contributed by atoms with van der Waals surface area (Å²) in [5, 5.41) is 8.75. The van der Waals surface area contributed by atoms with Crippen LogP contribution in [0.4, 0.5) is 0 Å². The maximum absolute atomic E-state index is 8.75. The Hall–Kier alpha value is -0.830. The average molecular weight is 152 g/mol. The third kappa shape index (κ3) is 1.16. The molecule has 60 valence electrons. The van der Waals surface area contributed by atoms with Gasteiger partial charge >= 0.3 is 0 Å². The quantitative estimate of drug-likeness (QED) is 0.664.